The Labute approximate surface area is 168 Å². The highest BCUT2D eigenvalue weighted by atomic mass is 19.4. The minimum Gasteiger partial charge on any atom is -0.475 e. The van der Waals surface area contributed by atoms with E-state index in [1.807, 2.05) is 59.7 Å². The normalized spacial score (nSPS) is 10.9. The molecule has 4 rings (SSSR count). The lowest BCUT2D eigenvalue weighted by atomic mass is 10.1. The second-order valence-corrected chi connectivity index (χ2v) is 6.08. The van der Waals surface area contributed by atoms with E-state index >= 15 is 0 Å². The molecule has 0 radical (unpaired) electrons. The number of nitrogens with zero attached hydrogens (tertiary/aromatic N) is 4. The quantitative estimate of drug-likeness (QED) is 0.525. The number of aromatic amines is 1. The second kappa shape index (κ2) is 8.48. The second-order valence-electron chi connectivity index (χ2n) is 6.08. The Morgan fingerprint density at radius 2 is 1.87 bits per heavy atom. The molecule has 0 atom stereocenters. The third kappa shape index (κ3) is 4.64. The zero-order valence-electron chi connectivity index (χ0n) is 15.3. The Morgan fingerprint density at radius 1 is 1.17 bits per heavy atom. The number of aliphatic carboxylic acids is 1. The Bertz CT molecular complexity index is 1200. The number of rotatable bonds is 3. The molecule has 3 heterocycles. The lowest BCUT2D eigenvalue weighted by Crippen LogP contribution is -2.21. The molecule has 0 aliphatic carbocycles. The van der Waals surface area contributed by atoms with Crippen molar-refractivity contribution >= 4 is 17.0 Å². The number of halogens is 3. The van der Waals surface area contributed by atoms with Crippen molar-refractivity contribution in [3.63, 3.8) is 0 Å². The number of carboxylic acids is 1. The topological polar surface area (TPSA) is 108 Å². The fourth-order valence-corrected chi connectivity index (χ4v) is 2.66. The van der Waals surface area contributed by atoms with Gasteiger partial charge in [-0.2, -0.15) is 23.5 Å². The average molecular weight is 413 g/mol. The number of nitriles is 1. The van der Waals surface area contributed by atoms with Crippen LogP contribution in [0.5, 0.6) is 0 Å². The molecular formula is C20H14F3N5O2. The van der Waals surface area contributed by atoms with Crippen molar-refractivity contribution in [1.29, 1.82) is 5.26 Å². The first kappa shape index (κ1) is 20.6. The maximum Gasteiger partial charge on any atom is 0.490 e. The number of hydrogen-bond acceptors (Lipinski definition) is 4. The van der Waals surface area contributed by atoms with Crippen molar-refractivity contribution in [2.24, 2.45) is 0 Å². The van der Waals surface area contributed by atoms with E-state index < -0.39 is 12.1 Å². The number of benzene rings is 1. The summed E-state index contributed by atoms with van der Waals surface area (Å²) in [5, 5.41) is 21.4. The molecule has 7 nitrogen and oxygen atoms in total. The standard InChI is InChI=1S/C18H13N5.C2HF3O2/c19-8-5-13-1-3-14(4-2-13)15-11-22-23(12-15)17-7-10-21-18-16(17)6-9-20-18;3-2(4,5)1(6)7/h1-4,6-7,9-12H,5H2,(H,20,21);(H,6,7). The third-order valence-corrected chi connectivity index (χ3v) is 4.08. The van der Waals surface area contributed by atoms with Crippen LogP contribution >= 0.6 is 0 Å². The minimum absolute atomic E-state index is 0.433. The number of hydrogen-bond donors (Lipinski definition) is 2. The molecule has 0 unspecified atom stereocenters. The van der Waals surface area contributed by atoms with E-state index in [9.17, 15) is 13.2 Å². The van der Waals surface area contributed by atoms with Gasteiger partial charge in [0.2, 0.25) is 0 Å². The van der Waals surface area contributed by atoms with Gasteiger partial charge in [0.25, 0.3) is 0 Å². The van der Waals surface area contributed by atoms with Crippen molar-refractivity contribution < 1.29 is 23.1 Å². The highest BCUT2D eigenvalue weighted by molar-refractivity contribution is 5.84. The number of H-pyrrole nitrogens is 1. The van der Waals surface area contributed by atoms with E-state index in [0.29, 0.717) is 6.42 Å². The predicted octanol–water partition coefficient (Wildman–Crippen LogP) is 4.11. The van der Waals surface area contributed by atoms with Crippen LogP contribution in [0, 0.1) is 11.3 Å². The summed E-state index contributed by atoms with van der Waals surface area (Å²) >= 11 is 0. The van der Waals surface area contributed by atoms with Crippen molar-refractivity contribution in [3.8, 4) is 22.9 Å². The van der Waals surface area contributed by atoms with Gasteiger partial charge in [-0.05, 0) is 23.3 Å². The molecular weight excluding hydrogens is 399 g/mol. The summed E-state index contributed by atoms with van der Waals surface area (Å²) in [7, 11) is 0. The van der Waals surface area contributed by atoms with Gasteiger partial charge in [0.05, 0.1) is 24.4 Å². The first-order valence-corrected chi connectivity index (χ1v) is 8.53. The molecule has 0 saturated heterocycles. The van der Waals surface area contributed by atoms with Crippen LogP contribution in [0.1, 0.15) is 5.56 Å². The summed E-state index contributed by atoms with van der Waals surface area (Å²) in [5.74, 6) is -2.76. The molecule has 0 amide bonds. The molecule has 3 aromatic heterocycles. The number of pyridine rings is 1. The number of alkyl halides is 3. The molecule has 152 valence electrons. The molecule has 0 aliphatic heterocycles. The van der Waals surface area contributed by atoms with Gasteiger partial charge in [0.1, 0.15) is 5.65 Å². The maximum atomic E-state index is 10.6. The van der Waals surface area contributed by atoms with Crippen molar-refractivity contribution in [3.05, 3.63) is 66.7 Å². The average Bonchev–Trinajstić information content (AvgIpc) is 3.38. The molecule has 1 aromatic carbocycles. The minimum atomic E-state index is -5.08. The summed E-state index contributed by atoms with van der Waals surface area (Å²) in [6.07, 6.45) is 2.84. The van der Waals surface area contributed by atoms with Gasteiger partial charge >= 0.3 is 12.1 Å². The zero-order chi connectivity index (χ0) is 21.7. The summed E-state index contributed by atoms with van der Waals surface area (Å²) in [6, 6.07) is 14.1. The molecule has 0 fully saturated rings. The van der Waals surface area contributed by atoms with E-state index in [2.05, 4.69) is 21.1 Å². The van der Waals surface area contributed by atoms with Crippen LogP contribution in [0.25, 0.3) is 27.8 Å². The van der Waals surface area contributed by atoms with Crippen LogP contribution in [-0.4, -0.2) is 37.0 Å². The summed E-state index contributed by atoms with van der Waals surface area (Å²) in [4.78, 5) is 16.3. The Morgan fingerprint density at radius 3 is 2.50 bits per heavy atom. The Hall–Kier alpha value is -4.13. The number of fused-ring (bicyclic) bond motifs is 1. The van der Waals surface area contributed by atoms with Crippen LogP contribution in [0.15, 0.2) is 61.2 Å². The molecule has 0 saturated carbocycles. The lowest BCUT2D eigenvalue weighted by molar-refractivity contribution is -0.192. The van der Waals surface area contributed by atoms with E-state index in [1.165, 1.54) is 0 Å². The first-order valence-electron chi connectivity index (χ1n) is 8.53. The van der Waals surface area contributed by atoms with Crippen LogP contribution in [0.2, 0.25) is 0 Å². The Kier molecular flexibility index (Phi) is 5.83. The number of carbonyl (C=O) groups is 1. The fourth-order valence-electron chi connectivity index (χ4n) is 2.66. The summed E-state index contributed by atoms with van der Waals surface area (Å²) < 4.78 is 33.6. The van der Waals surface area contributed by atoms with Gasteiger partial charge in [-0.25, -0.2) is 14.5 Å². The number of aromatic nitrogens is 4. The van der Waals surface area contributed by atoms with Gasteiger partial charge in [0, 0.05) is 29.5 Å². The maximum absolute atomic E-state index is 10.6. The summed E-state index contributed by atoms with van der Waals surface area (Å²) in [5.41, 5.74) is 4.97. The highest BCUT2D eigenvalue weighted by Gasteiger charge is 2.38. The monoisotopic (exact) mass is 413 g/mol. The fraction of sp³-hybridized carbons (Fsp3) is 0.100. The number of nitrogens with one attached hydrogen (secondary N) is 1. The molecule has 10 heteroatoms. The number of carboxylic acid groups (broad SMARTS) is 1. The van der Waals surface area contributed by atoms with Crippen molar-refractivity contribution in [1.82, 2.24) is 19.7 Å². The SMILES string of the molecule is N#CCc1ccc(-c2cnn(-c3ccnc4[nH]ccc34)c2)cc1.O=C(O)C(F)(F)F. The molecule has 0 spiro atoms. The molecule has 0 bridgehead atoms. The van der Waals surface area contributed by atoms with Gasteiger partial charge in [-0.1, -0.05) is 24.3 Å². The molecule has 30 heavy (non-hydrogen) atoms. The lowest BCUT2D eigenvalue weighted by Gasteiger charge is -2.02. The van der Waals surface area contributed by atoms with Gasteiger partial charge < -0.3 is 10.1 Å². The largest absolute Gasteiger partial charge is 0.490 e. The predicted molar refractivity (Wildman–Crippen MR) is 102 cm³/mol. The Balaban J connectivity index is 0.000000318. The summed E-state index contributed by atoms with van der Waals surface area (Å²) in [6.45, 7) is 0. The van der Waals surface area contributed by atoms with Crippen LogP contribution < -0.4 is 0 Å². The molecule has 2 N–H and O–H groups in total. The van der Waals surface area contributed by atoms with Gasteiger partial charge in [0.15, 0.2) is 0 Å². The highest BCUT2D eigenvalue weighted by Crippen LogP contribution is 2.23. The molecule has 0 aliphatic rings. The van der Waals surface area contributed by atoms with Crippen molar-refractivity contribution in [2.75, 3.05) is 0 Å². The van der Waals surface area contributed by atoms with Crippen molar-refractivity contribution in [2.45, 2.75) is 12.6 Å². The van der Waals surface area contributed by atoms with E-state index in [-0.39, 0.29) is 0 Å². The van der Waals surface area contributed by atoms with E-state index in [4.69, 9.17) is 15.2 Å². The van der Waals surface area contributed by atoms with Crippen LogP contribution in [0.4, 0.5) is 13.2 Å². The van der Waals surface area contributed by atoms with Gasteiger partial charge in [-0.3, -0.25) is 0 Å². The zero-order valence-corrected chi connectivity index (χ0v) is 15.3. The smallest absolute Gasteiger partial charge is 0.475 e. The molecule has 4 aromatic rings. The van der Waals surface area contributed by atoms with E-state index in [0.717, 1.165) is 33.4 Å². The van der Waals surface area contributed by atoms with E-state index in [1.54, 1.807) is 6.20 Å². The van der Waals surface area contributed by atoms with Crippen LogP contribution in [0.3, 0.4) is 0 Å². The first-order chi connectivity index (χ1) is 14.3. The van der Waals surface area contributed by atoms with Crippen LogP contribution in [-0.2, 0) is 11.2 Å². The third-order valence-electron chi connectivity index (χ3n) is 4.08. The van der Waals surface area contributed by atoms with Gasteiger partial charge in [-0.15, -0.1) is 0 Å².